The Labute approximate surface area is 160 Å². The number of hydrogen-bond donors (Lipinski definition) is 0. The van der Waals surface area contributed by atoms with Crippen molar-refractivity contribution >= 4 is 11.8 Å². The molecule has 0 radical (unpaired) electrons. The molecule has 0 aliphatic heterocycles. The fourth-order valence-corrected chi connectivity index (χ4v) is 2.75. The van der Waals surface area contributed by atoms with E-state index in [9.17, 15) is 9.59 Å². The number of carbonyl (C=O) groups is 2. The van der Waals surface area contributed by atoms with E-state index in [0.29, 0.717) is 17.9 Å². The van der Waals surface area contributed by atoms with E-state index in [1.807, 2.05) is 30.3 Å². The maximum atomic E-state index is 12.9. The van der Waals surface area contributed by atoms with Crippen LogP contribution >= 0.6 is 0 Å². The maximum absolute atomic E-state index is 12.9. The topological polar surface area (TPSA) is 55.8 Å². The Morgan fingerprint density at radius 1 is 1.00 bits per heavy atom. The summed E-state index contributed by atoms with van der Waals surface area (Å²) in [5.74, 6) is -0.206. The van der Waals surface area contributed by atoms with Gasteiger partial charge in [-0.25, -0.2) is 4.79 Å². The molecule has 0 bridgehead atoms. The van der Waals surface area contributed by atoms with E-state index >= 15 is 0 Å². The number of Topliss-reactive ketones (excluding diaryl/α,β-unsaturated/α-hetero) is 1. The van der Waals surface area contributed by atoms with Crippen molar-refractivity contribution in [3.05, 3.63) is 65.2 Å². The Kier molecular flexibility index (Phi) is 6.75. The third kappa shape index (κ3) is 5.41. The predicted molar refractivity (Wildman–Crippen MR) is 105 cm³/mol. The van der Waals surface area contributed by atoms with Crippen LogP contribution in [-0.4, -0.2) is 43.0 Å². The van der Waals surface area contributed by atoms with Gasteiger partial charge in [0.1, 0.15) is 11.3 Å². The second-order valence-electron chi connectivity index (χ2n) is 7.34. The van der Waals surface area contributed by atoms with Crippen LogP contribution in [-0.2, 0) is 11.3 Å². The first kappa shape index (κ1) is 20.6. The van der Waals surface area contributed by atoms with Crippen molar-refractivity contribution < 1.29 is 19.1 Å². The summed E-state index contributed by atoms with van der Waals surface area (Å²) in [6.07, 6.45) is 0. The van der Waals surface area contributed by atoms with Crippen molar-refractivity contribution in [1.82, 2.24) is 4.90 Å². The first-order valence-electron chi connectivity index (χ1n) is 8.84. The van der Waals surface area contributed by atoms with Gasteiger partial charge >= 0.3 is 5.97 Å². The van der Waals surface area contributed by atoms with Crippen LogP contribution in [0.25, 0.3) is 0 Å². The van der Waals surface area contributed by atoms with Crippen molar-refractivity contribution in [3.8, 4) is 5.75 Å². The molecular formula is C22H27NO4. The highest BCUT2D eigenvalue weighted by Crippen LogP contribution is 2.23. The minimum Gasteiger partial charge on any atom is -0.496 e. The number of ketones is 1. The smallest absolute Gasteiger partial charge is 0.341 e. The van der Waals surface area contributed by atoms with E-state index in [0.717, 1.165) is 5.56 Å². The third-order valence-electron chi connectivity index (χ3n) is 4.43. The number of hydrogen-bond acceptors (Lipinski definition) is 5. The quantitative estimate of drug-likeness (QED) is 0.546. The molecule has 0 saturated carbocycles. The number of rotatable bonds is 7. The van der Waals surface area contributed by atoms with Crippen molar-refractivity contribution in [1.29, 1.82) is 0 Å². The van der Waals surface area contributed by atoms with E-state index in [1.165, 1.54) is 20.3 Å². The zero-order chi connectivity index (χ0) is 20.0. The van der Waals surface area contributed by atoms with Crippen molar-refractivity contribution in [3.63, 3.8) is 0 Å². The van der Waals surface area contributed by atoms with Gasteiger partial charge in [0.15, 0.2) is 5.78 Å². The average molecular weight is 369 g/mol. The number of nitrogens with zero attached hydrogens (tertiary/aromatic N) is 1. The molecule has 5 nitrogen and oxygen atoms in total. The van der Waals surface area contributed by atoms with Gasteiger partial charge in [0.05, 0.1) is 20.8 Å². The zero-order valence-corrected chi connectivity index (χ0v) is 16.6. The molecule has 27 heavy (non-hydrogen) atoms. The molecule has 0 fully saturated rings. The third-order valence-corrected chi connectivity index (χ3v) is 4.43. The molecule has 2 aromatic carbocycles. The van der Waals surface area contributed by atoms with Gasteiger partial charge in [0.25, 0.3) is 0 Å². The minimum atomic E-state index is -0.529. The molecule has 5 heteroatoms. The minimum absolute atomic E-state index is 0.0614. The van der Waals surface area contributed by atoms with Gasteiger partial charge in [0.2, 0.25) is 0 Å². The molecule has 0 aliphatic carbocycles. The molecule has 0 saturated heterocycles. The molecule has 0 N–H and O–H groups in total. The Morgan fingerprint density at radius 3 is 2.22 bits per heavy atom. The van der Waals surface area contributed by atoms with Crippen LogP contribution in [0.1, 0.15) is 47.1 Å². The van der Waals surface area contributed by atoms with Crippen molar-refractivity contribution in [2.24, 2.45) is 0 Å². The summed E-state index contributed by atoms with van der Waals surface area (Å²) in [6.45, 7) is 7.15. The second-order valence-corrected chi connectivity index (χ2v) is 7.34. The van der Waals surface area contributed by atoms with Gasteiger partial charge < -0.3 is 9.47 Å². The number of ether oxygens (including phenoxy) is 2. The highest BCUT2D eigenvalue weighted by Gasteiger charge is 2.25. The Morgan fingerprint density at radius 2 is 1.67 bits per heavy atom. The average Bonchev–Trinajstić information content (AvgIpc) is 2.66. The largest absolute Gasteiger partial charge is 0.496 e. The zero-order valence-electron chi connectivity index (χ0n) is 16.6. The van der Waals surface area contributed by atoms with Crippen LogP contribution in [0.2, 0.25) is 0 Å². The van der Waals surface area contributed by atoms with E-state index < -0.39 is 5.97 Å². The standard InChI is InChI=1S/C22H27NO4/c1-22(2,3)23(14-16-9-7-6-8-10-16)15-19(24)17-11-12-20(26-4)18(13-17)21(25)27-5/h6-13H,14-15H2,1-5H3. The van der Waals surface area contributed by atoms with Gasteiger partial charge in [-0.1, -0.05) is 30.3 Å². The molecule has 0 aliphatic rings. The molecule has 144 valence electrons. The lowest BCUT2D eigenvalue weighted by molar-refractivity contribution is 0.0597. The molecule has 0 unspecified atom stereocenters. The lowest BCUT2D eigenvalue weighted by atomic mass is 10.0. The molecule has 2 aromatic rings. The number of benzene rings is 2. The Bertz CT molecular complexity index is 794. The SMILES string of the molecule is COC(=O)c1cc(C(=O)CN(Cc2ccccc2)C(C)(C)C)ccc1OC. The summed E-state index contributed by atoms with van der Waals surface area (Å²) in [5, 5.41) is 0. The molecule has 0 atom stereocenters. The monoisotopic (exact) mass is 369 g/mol. The van der Waals surface area contributed by atoms with Crippen molar-refractivity contribution in [2.75, 3.05) is 20.8 Å². The van der Waals surface area contributed by atoms with E-state index in [4.69, 9.17) is 9.47 Å². The Balaban J connectivity index is 2.25. The first-order valence-corrected chi connectivity index (χ1v) is 8.84. The molecule has 0 spiro atoms. The van der Waals surface area contributed by atoms with Gasteiger partial charge in [-0.2, -0.15) is 0 Å². The van der Waals surface area contributed by atoms with Crippen LogP contribution in [0.4, 0.5) is 0 Å². The second kappa shape index (κ2) is 8.82. The molecule has 0 aromatic heterocycles. The van der Waals surface area contributed by atoms with Crippen LogP contribution in [0.15, 0.2) is 48.5 Å². The van der Waals surface area contributed by atoms with Crippen LogP contribution in [0.3, 0.4) is 0 Å². The van der Waals surface area contributed by atoms with Crippen LogP contribution in [0.5, 0.6) is 5.75 Å². The highest BCUT2D eigenvalue weighted by atomic mass is 16.5. The van der Waals surface area contributed by atoms with Gasteiger partial charge in [-0.15, -0.1) is 0 Å². The summed E-state index contributed by atoms with van der Waals surface area (Å²) >= 11 is 0. The lowest BCUT2D eigenvalue weighted by Gasteiger charge is -2.35. The van der Waals surface area contributed by atoms with Crippen molar-refractivity contribution in [2.45, 2.75) is 32.9 Å². The number of carbonyl (C=O) groups excluding carboxylic acids is 2. The summed E-state index contributed by atoms with van der Waals surface area (Å²) < 4.78 is 9.98. The van der Waals surface area contributed by atoms with E-state index in [-0.39, 0.29) is 23.4 Å². The first-order chi connectivity index (χ1) is 12.8. The Hall–Kier alpha value is -2.66. The normalized spacial score (nSPS) is 11.3. The van der Waals surface area contributed by atoms with Crippen LogP contribution < -0.4 is 4.74 Å². The van der Waals surface area contributed by atoms with E-state index in [1.54, 1.807) is 12.1 Å². The number of esters is 1. The predicted octanol–water partition coefficient (Wildman–Crippen LogP) is 3.97. The fourth-order valence-electron chi connectivity index (χ4n) is 2.75. The summed E-state index contributed by atoms with van der Waals surface area (Å²) in [5.41, 5.74) is 1.66. The summed E-state index contributed by atoms with van der Waals surface area (Å²) in [7, 11) is 2.78. The van der Waals surface area contributed by atoms with E-state index in [2.05, 4.69) is 25.7 Å². The van der Waals surface area contributed by atoms with Gasteiger partial charge in [-0.05, 0) is 44.5 Å². The number of methoxy groups -OCH3 is 2. The molecule has 0 amide bonds. The summed E-state index contributed by atoms with van der Waals surface area (Å²) in [6, 6.07) is 14.9. The lowest BCUT2D eigenvalue weighted by Crippen LogP contribution is -2.43. The fraction of sp³-hybridized carbons (Fsp3) is 0.364. The maximum Gasteiger partial charge on any atom is 0.341 e. The highest BCUT2D eigenvalue weighted by molar-refractivity contribution is 6.01. The molecule has 2 rings (SSSR count). The molecular weight excluding hydrogens is 342 g/mol. The summed E-state index contributed by atoms with van der Waals surface area (Å²) in [4.78, 5) is 27.0. The van der Waals surface area contributed by atoms with Gasteiger partial charge in [0, 0.05) is 17.6 Å². The van der Waals surface area contributed by atoms with Crippen LogP contribution in [0, 0.1) is 0 Å². The molecule has 0 heterocycles. The van der Waals surface area contributed by atoms with Gasteiger partial charge in [-0.3, -0.25) is 9.69 Å².